The summed E-state index contributed by atoms with van der Waals surface area (Å²) in [6.07, 6.45) is 2.56. The van der Waals surface area contributed by atoms with Crippen LogP contribution in [-0.4, -0.2) is 19.1 Å². The number of nitriles is 1. The van der Waals surface area contributed by atoms with Gasteiger partial charge in [-0.15, -0.1) is 0 Å². The highest BCUT2D eigenvalue weighted by molar-refractivity contribution is 6.00. The smallest absolute Gasteiger partial charge is 0.278 e. The first kappa shape index (κ1) is 10.5. The van der Waals surface area contributed by atoms with E-state index >= 15 is 0 Å². The Morgan fingerprint density at radius 3 is 3.06 bits per heavy atom. The zero-order valence-electron chi connectivity index (χ0n) is 8.64. The zero-order chi connectivity index (χ0) is 11.5. The van der Waals surface area contributed by atoms with Crippen molar-refractivity contribution in [3.05, 3.63) is 23.8 Å². The van der Waals surface area contributed by atoms with Crippen molar-refractivity contribution in [2.75, 3.05) is 18.1 Å². The van der Waals surface area contributed by atoms with Crippen LogP contribution in [-0.2, 0) is 11.2 Å². The number of nitrogens with zero attached hydrogens (tertiary/aromatic N) is 2. The van der Waals surface area contributed by atoms with Gasteiger partial charge in [-0.25, -0.2) is 4.90 Å². The van der Waals surface area contributed by atoms with E-state index in [1.54, 1.807) is 12.1 Å². The molecule has 0 radical (unpaired) electrons. The third-order valence-electron chi connectivity index (χ3n) is 2.40. The van der Waals surface area contributed by atoms with Gasteiger partial charge in [-0.3, -0.25) is 4.79 Å². The summed E-state index contributed by atoms with van der Waals surface area (Å²) in [7, 11) is 0. The van der Waals surface area contributed by atoms with Crippen LogP contribution < -0.4 is 15.4 Å². The largest absolute Gasteiger partial charge is 0.481 e. The van der Waals surface area contributed by atoms with Gasteiger partial charge in [0.15, 0.2) is 12.8 Å². The minimum absolute atomic E-state index is 0.0865. The summed E-state index contributed by atoms with van der Waals surface area (Å²) in [5, 5.41) is 8.90. The molecule has 0 saturated carbocycles. The predicted molar refractivity (Wildman–Crippen MR) is 57.8 cm³/mol. The Labute approximate surface area is 93.0 Å². The first-order valence-corrected chi connectivity index (χ1v) is 4.94. The van der Waals surface area contributed by atoms with Crippen LogP contribution in [0.3, 0.4) is 0 Å². The monoisotopic (exact) mass is 217 g/mol. The van der Waals surface area contributed by atoms with Crippen LogP contribution in [0.4, 0.5) is 5.69 Å². The van der Waals surface area contributed by atoms with E-state index in [1.165, 1.54) is 0 Å². The molecule has 0 spiro atoms. The van der Waals surface area contributed by atoms with Crippen LogP contribution in [0.15, 0.2) is 18.2 Å². The second-order valence-corrected chi connectivity index (χ2v) is 3.46. The van der Waals surface area contributed by atoms with Crippen molar-refractivity contribution in [2.45, 2.75) is 6.42 Å². The van der Waals surface area contributed by atoms with Crippen molar-refractivity contribution < 1.29 is 9.53 Å². The second-order valence-electron chi connectivity index (χ2n) is 3.46. The lowest BCUT2D eigenvalue weighted by Gasteiger charge is -2.23. The lowest BCUT2D eigenvalue weighted by atomic mass is 10.1. The van der Waals surface area contributed by atoms with Gasteiger partial charge in [0.1, 0.15) is 11.4 Å². The molecule has 1 aliphatic heterocycles. The van der Waals surface area contributed by atoms with Crippen LogP contribution >= 0.6 is 0 Å². The average Bonchev–Trinajstić information content (AvgIpc) is 2.29. The Bertz CT molecular complexity index is 465. The molecule has 1 amide bonds. The summed E-state index contributed by atoms with van der Waals surface area (Å²) in [6.45, 7) is 0.441. The molecular formula is C11H11N3O2. The van der Waals surface area contributed by atoms with Gasteiger partial charge in [0.2, 0.25) is 0 Å². The SMILES string of the molecule is N#CN1C(=O)COc2ccc(CCN)cc21. The van der Waals surface area contributed by atoms with Crippen LogP contribution in [0.1, 0.15) is 5.56 Å². The van der Waals surface area contributed by atoms with Crippen LogP contribution in [0.2, 0.25) is 0 Å². The van der Waals surface area contributed by atoms with Crippen LogP contribution in [0, 0.1) is 11.5 Å². The van der Waals surface area contributed by atoms with Gasteiger partial charge in [-0.1, -0.05) is 6.07 Å². The van der Waals surface area contributed by atoms with Crippen molar-refractivity contribution in [1.82, 2.24) is 0 Å². The molecule has 5 nitrogen and oxygen atoms in total. The van der Waals surface area contributed by atoms with Gasteiger partial charge in [0.25, 0.3) is 5.91 Å². The highest BCUT2D eigenvalue weighted by Crippen LogP contribution is 2.32. The number of rotatable bonds is 2. The number of amides is 1. The third-order valence-corrected chi connectivity index (χ3v) is 2.40. The highest BCUT2D eigenvalue weighted by atomic mass is 16.5. The van der Waals surface area contributed by atoms with E-state index in [0.717, 1.165) is 10.5 Å². The van der Waals surface area contributed by atoms with E-state index in [4.69, 9.17) is 15.7 Å². The summed E-state index contributed by atoms with van der Waals surface area (Å²) < 4.78 is 5.23. The normalized spacial score (nSPS) is 14.0. The first-order valence-electron chi connectivity index (χ1n) is 4.94. The number of ether oxygens (including phenoxy) is 1. The predicted octanol–water partition coefficient (Wildman–Crippen LogP) is 0.394. The maximum Gasteiger partial charge on any atom is 0.278 e. The summed E-state index contributed by atoms with van der Waals surface area (Å²) in [5.74, 6) is 0.210. The number of anilines is 1. The fourth-order valence-electron chi connectivity index (χ4n) is 1.63. The Morgan fingerprint density at radius 2 is 2.38 bits per heavy atom. The van der Waals surface area contributed by atoms with E-state index in [1.807, 2.05) is 12.3 Å². The van der Waals surface area contributed by atoms with Gasteiger partial charge in [0.05, 0.1) is 0 Å². The molecule has 1 aromatic rings. The summed E-state index contributed by atoms with van der Waals surface area (Å²) in [4.78, 5) is 12.5. The fraction of sp³-hybridized carbons (Fsp3) is 0.273. The van der Waals surface area contributed by atoms with Gasteiger partial charge >= 0.3 is 0 Å². The Kier molecular flexibility index (Phi) is 2.75. The molecule has 0 aromatic heterocycles. The van der Waals surface area contributed by atoms with E-state index in [0.29, 0.717) is 24.4 Å². The number of carbonyl (C=O) groups excluding carboxylic acids is 1. The van der Waals surface area contributed by atoms with E-state index in [2.05, 4.69) is 0 Å². The molecule has 1 heterocycles. The number of nitrogens with two attached hydrogens (primary N) is 1. The molecule has 0 aliphatic carbocycles. The molecule has 16 heavy (non-hydrogen) atoms. The van der Waals surface area contributed by atoms with Gasteiger partial charge in [0, 0.05) is 0 Å². The van der Waals surface area contributed by atoms with Gasteiger partial charge in [-0.05, 0) is 30.7 Å². The molecule has 2 rings (SSSR count). The second kappa shape index (κ2) is 4.21. The summed E-state index contributed by atoms with van der Waals surface area (Å²) in [5.41, 5.74) is 6.94. The molecule has 5 heteroatoms. The minimum Gasteiger partial charge on any atom is -0.481 e. The lowest BCUT2D eigenvalue weighted by Crippen LogP contribution is -2.35. The summed E-state index contributed by atoms with van der Waals surface area (Å²) in [6, 6.07) is 5.41. The minimum atomic E-state index is -0.347. The topological polar surface area (TPSA) is 79.3 Å². The van der Waals surface area contributed by atoms with Crippen molar-refractivity contribution in [3.63, 3.8) is 0 Å². The molecule has 0 atom stereocenters. The maximum absolute atomic E-state index is 11.4. The molecule has 0 bridgehead atoms. The van der Waals surface area contributed by atoms with Crippen molar-refractivity contribution in [2.24, 2.45) is 5.73 Å². The maximum atomic E-state index is 11.4. The Hall–Kier alpha value is -2.06. The number of hydrogen-bond acceptors (Lipinski definition) is 4. The van der Waals surface area contributed by atoms with Gasteiger partial charge in [-0.2, -0.15) is 5.26 Å². The quantitative estimate of drug-likeness (QED) is 0.727. The van der Waals surface area contributed by atoms with E-state index in [-0.39, 0.29) is 12.5 Å². The number of fused-ring (bicyclic) bond motifs is 1. The van der Waals surface area contributed by atoms with Gasteiger partial charge < -0.3 is 10.5 Å². The zero-order valence-corrected chi connectivity index (χ0v) is 8.64. The molecule has 0 fully saturated rings. The Morgan fingerprint density at radius 1 is 1.56 bits per heavy atom. The van der Waals surface area contributed by atoms with Crippen LogP contribution in [0.25, 0.3) is 0 Å². The highest BCUT2D eigenvalue weighted by Gasteiger charge is 2.25. The molecule has 82 valence electrons. The Balaban J connectivity index is 2.42. The molecule has 1 aliphatic rings. The van der Waals surface area contributed by atoms with Crippen molar-refractivity contribution >= 4 is 11.6 Å². The fourth-order valence-corrected chi connectivity index (χ4v) is 1.63. The van der Waals surface area contributed by atoms with Crippen molar-refractivity contribution in [1.29, 1.82) is 5.26 Å². The number of benzene rings is 1. The first-order chi connectivity index (χ1) is 7.76. The van der Waals surface area contributed by atoms with E-state index in [9.17, 15) is 4.79 Å². The lowest BCUT2D eigenvalue weighted by molar-refractivity contribution is -0.120. The summed E-state index contributed by atoms with van der Waals surface area (Å²) >= 11 is 0. The number of hydrogen-bond donors (Lipinski definition) is 1. The van der Waals surface area contributed by atoms with E-state index < -0.39 is 0 Å². The number of carbonyl (C=O) groups is 1. The average molecular weight is 217 g/mol. The standard InChI is InChI=1S/C11H11N3O2/c12-4-3-8-1-2-10-9(5-8)14(7-13)11(15)6-16-10/h1-2,5H,3-4,6,12H2. The molecule has 1 aromatic carbocycles. The molecular weight excluding hydrogens is 206 g/mol. The molecule has 0 unspecified atom stereocenters. The molecule has 2 N–H and O–H groups in total. The van der Waals surface area contributed by atoms with Crippen molar-refractivity contribution in [3.8, 4) is 11.9 Å². The molecule has 0 saturated heterocycles. The van der Waals surface area contributed by atoms with Crippen LogP contribution in [0.5, 0.6) is 5.75 Å². The third kappa shape index (κ3) is 1.71.